The van der Waals surface area contributed by atoms with E-state index in [4.69, 9.17) is 0 Å². The summed E-state index contributed by atoms with van der Waals surface area (Å²) >= 11 is 0. The molecule has 0 bridgehead atoms. The minimum Gasteiger partial charge on any atom is -0.353 e. The number of rotatable bonds is 9. The van der Waals surface area contributed by atoms with Crippen LogP contribution in [0.25, 0.3) is 0 Å². The molecule has 1 atom stereocenters. The predicted octanol–water partition coefficient (Wildman–Crippen LogP) is 4.99. The van der Waals surface area contributed by atoms with Gasteiger partial charge in [0.1, 0.15) is 0 Å². The monoisotopic (exact) mass is 298 g/mol. The van der Waals surface area contributed by atoms with Crippen molar-refractivity contribution in [3.05, 3.63) is 42.7 Å². The lowest BCUT2D eigenvalue weighted by Crippen LogP contribution is -2.16. The Hall–Kier alpha value is -2.10. The maximum Gasteiger partial charge on any atom is 0.222 e. The van der Waals surface area contributed by atoms with Crippen LogP contribution in [0.3, 0.4) is 0 Å². The van der Waals surface area contributed by atoms with Gasteiger partial charge in [-0.2, -0.15) is 0 Å². The molecule has 4 nitrogen and oxygen atoms in total. The number of aromatic nitrogens is 2. The molecule has 0 saturated heterocycles. The SMILES string of the molecule is CCCCCCC(C)Nc1ncc(Nc2ccccc2)cn1. The van der Waals surface area contributed by atoms with E-state index in [1.54, 1.807) is 0 Å². The highest BCUT2D eigenvalue weighted by molar-refractivity contribution is 5.57. The number of nitrogens with one attached hydrogen (secondary N) is 2. The minimum absolute atomic E-state index is 0.407. The van der Waals surface area contributed by atoms with Crippen molar-refractivity contribution in [1.29, 1.82) is 0 Å². The second kappa shape index (κ2) is 9.03. The Bertz CT molecular complexity index is 525. The second-order valence-corrected chi connectivity index (χ2v) is 5.68. The quantitative estimate of drug-likeness (QED) is 0.640. The number of hydrogen-bond donors (Lipinski definition) is 2. The largest absolute Gasteiger partial charge is 0.353 e. The normalized spacial score (nSPS) is 11.9. The van der Waals surface area contributed by atoms with Crippen molar-refractivity contribution in [3.8, 4) is 0 Å². The highest BCUT2D eigenvalue weighted by Crippen LogP contribution is 2.15. The van der Waals surface area contributed by atoms with Crippen LogP contribution in [0.15, 0.2) is 42.7 Å². The van der Waals surface area contributed by atoms with E-state index < -0.39 is 0 Å². The van der Waals surface area contributed by atoms with Crippen molar-refractivity contribution in [2.45, 2.75) is 52.0 Å². The van der Waals surface area contributed by atoms with Gasteiger partial charge in [0.15, 0.2) is 0 Å². The molecule has 4 heteroatoms. The third kappa shape index (κ3) is 5.72. The van der Waals surface area contributed by atoms with Gasteiger partial charge in [0.25, 0.3) is 0 Å². The summed E-state index contributed by atoms with van der Waals surface area (Å²) in [5.41, 5.74) is 1.93. The lowest BCUT2D eigenvalue weighted by Gasteiger charge is -2.14. The molecule has 0 aliphatic heterocycles. The maximum atomic E-state index is 4.37. The van der Waals surface area contributed by atoms with Crippen molar-refractivity contribution >= 4 is 17.3 Å². The van der Waals surface area contributed by atoms with Crippen molar-refractivity contribution < 1.29 is 0 Å². The van der Waals surface area contributed by atoms with Gasteiger partial charge in [-0.05, 0) is 25.5 Å². The smallest absolute Gasteiger partial charge is 0.222 e. The summed E-state index contributed by atoms with van der Waals surface area (Å²) in [5.74, 6) is 0.696. The van der Waals surface area contributed by atoms with Gasteiger partial charge in [-0.1, -0.05) is 50.8 Å². The van der Waals surface area contributed by atoms with Gasteiger partial charge in [-0.3, -0.25) is 0 Å². The van der Waals surface area contributed by atoms with Crippen molar-refractivity contribution in [2.24, 2.45) is 0 Å². The first-order valence-corrected chi connectivity index (χ1v) is 8.18. The van der Waals surface area contributed by atoms with Crippen LogP contribution in [0.5, 0.6) is 0 Å². The van der Waals surface area contributed by atoms with Crippen LogP contribution < -0.4 is 10.6 Å². The van der Waals surface area contributed by atoms with Crippen molar-refractivity contribution in [3.63, 3.8) is 0 Å². The van der Waals surface area contributed by atoms with Gasteiger partial charge >= 0.3 is 0 Å². The van der Waals surface area contributed by atoms with E-state index in [1.807, 2.05) is 42.7 Å². The molecule has 0 amide bonds. The first-order chi connectivity index (χ1) is 10.8. The predicted molar refractivity (Wildman–Crippen MR) is 93.6 cm³/mol. The fourth-order valence-corrected chi connectivity index (χ4v) is 2.33. The summed E-state index contributed by atoms with van der Waals surface area (Å²) < 4.78 is 0. The third-order valence-electron chi connectivity index (χ3n) is 3.58. The average molecular weight is 298 g/mol. The van der Waals surface area contributed by atoms with Crippen molar-refractivity contribution in [1.82, 2.24) is 9.97 Å². The molecule has 0 saturated carbocycles. The number of nitrogens with zero attached hydrogens (tertiary/aromatic N) is 2. The van der Waals surface area contributed by atoms with E-state index in [1.165, 1.54) is 25.7 Å². The first-order valence-electron chi connectivity index (χ1n) is 8.18. The second-order valence-electron chi connectivity index (χ2n) is 5.68. The zero-order valence-corrected chi connectivity index (χ0v) is 13.5. The topological polar surface area (TPSA) is 49.8 Å². The molecule has 0 aliphatic rings. The Morgan fingerprint density at radius 1 is 0.955 bits per heavy atom. The van der Waals surface area contributed by atoms with E-state index >= 15 is 0 Å². The maximum absolute atomic E-state index is 4.37. The van der Waals surface area contributed by atoms with E-state index in [0.29, 0.717) is 12.0 Å². The zero-order valence-electron chi connectivity index (χ0n) is 13.5. The first kappa shape index (κ1) is 16.3. The van der Waals surface area contributed by atoms with Gasteiger partial charge < -0.3 is 10.6 Å². The molecule has 1 heterocycles. The molecule has 1 unspecified atom stereocenters. The van der Waals surface area contributed by atoms with E-state index in [2.05, 4.69) is 34.4 Å². The highest BCUT2D eigenvalue weighted by Gasteiger charge is 2.04. The van der Waals surface area contributed by atoms with Gasteiger partial charge in [0.05, 0.1) is 18.1 Å². The minimum atomic E-state index is 0.407. The molecule has 1 aromatic heterocycles. The van der Waals surface area contributed by atoms with Crippen LogP contribution in [0.2, 0.25) is 0 Å². The standard InChI is InChI=1S/C18H26N4/c1-3-4-5-7-10-15(2)21-18-19-13-17(14-20-18)22-16-11-8-6-9-12-16/h6,8-9,11-15,22H,3-5,7,10H2,1-2H3,(H,19,20,21). The fourth-order valence-electron chi connectivity index (χ4n) is 2.33. The molecule has 2 aromatic rings. The van der Waals surface area contributed by atoms with Gasteiger partial charge in [0.2, 0.25) is 5.95 Å². The van der Waals surface area contributed by atoms with Crippen LogP contribution in [0.1, 0.15) is 46.0 Å². The molecular formula is C18H26N4. The lowest BCUT2D eigenvalue weighted by atomic mass is 10.1. The molecule has 118 valence electrons. The Labute approximate surface area is 133 Å². The van der Waals surface area contributed by atoms with Gasteiger partial charge in [-0.25, -0.2) is 9.97 Å². The Kier molecular flexibility index (Phi) is 6.68. The molecule has 22 heavy (non-hydrogen) atoms. The van der Waals surface area contributed by atoms with Gasteiger partial charge in [-0.15, -0.1) is 0 Å². The summed E-state index contributed by atoms with van der Waals surface area (Å²) in [5, 5.41) is 6.64. The van der Waals surface area contributed by atoms with E-state index in [-0.39, 0.29) is 0 Å². The number of hydrogen-bond acceptors (Lipinski definition) is 4. The van der Waals surface area contributed by atoms with Crippen LogP contribution in [-0.4, -0.2) is 16.0 Å². The van der Waals surface area contributed by atoms with Gasteiger partial charge in [0, 0.05) is 11.7 Å². The number of anilines is 3. The molecule has 0 aliphatic carbocycles. The summed E-state index contributed by atoms with van der Waals surface area (Å²) in [6.45, 7) is 4.42. The Morgan fingerprint density at radius 3 is 2.36 bits per heavy atom. The van der Waals surface area contributed by atoms with Crippen LogP contribution in [-0.2, 0) is 0 Å². The molecule has 0 spiro atoms. The Morgan fingerprint density at radius 2 is 1.68 bits per heavy atom. The molecule has 2 N–H and O–H groups in total. The zero-order chi connectivity index (χ0) is 15.6. The molecule has 0 fully saturated rings. The fraction of sp³-hybridized carbons (Fsp3) is 0.444. The summed E-state index contributed by atoms with van der Waals surface area (Å²) in [6, 6.07) is 10.4. The number of para-hydroxylation sites is 1. The van der Waals surface area contributed by atoms with Crippen molar-refractivity contribution in [2.75, 3.05) is 10.6 Å². The van der Waals surface area contributed by atoms with E-state index in [0.717, 1.165) is 17.8 Å². The summed E-state index contributed by atoms with van der Waals surface area (Å²) in [6.07, 6.45) is 9.95. The number of benzene rings is 1. The van der Waals surface area contributed by atoms with Crippen LogP contribution in [0, 0.1) is 0 Å². The average Bonchev–Trinajstić information content (AvgIpc) is 2.54. The van der Waals surface area contributed by atoms with Crippen LogP contribution >= 0.6 is 0 Å². The molecule has 1 aromatic carbocycles. The molecule has 2 rings (SSSR count). The highest BCUT2D eigenvalue weighted by atomic mass is 15.1. The van der Waals surface area contributed by atoms with Crippen LogP contribution in [0.4, 0.5) is 17.3 Å². The molecule has 0 radical (unpaired) electrons. The summed E-state index contributed by atoms with van der Waals surface area (Å²) in [7, 11) is 0. The molecular weight excluding hydrogens is 272 g/mol. The summed E-state index contributed by atoms with van der Waals surface area (Å²) in [4.78, 5) is 8.75. The van der Waals surface area contributed by atoms with E-state index in [9.17, 15) is 0 Å². The third-order valence-corrected chi connectivity index (χ3v) is 3.58. The number of unbranched alkanes of at least 4 members (excludes halogenated alkanes) is 3. The lowest BCUT2D eigenvalue weighted by molar-refractivity contribution is 0.591. The Balaban J connectivity index is 1.79.